The summed E-state index contributed by atoms with van der Waals surface area (Å²) in [6.45, 7) is 5.56. The molecule has 0 spiro atoms. The SMILES string of the molecule is C/C=C(/C(=O)OC)[C@H]1[C@H](O)[C@H](OC(C)=O)[C@](C)(O)[C@H]1C(C)O. The van der Waals surface area contributed by atoms with E-state index in [1.54, 1.807) is 6.92 Å². The van der Waals surface area contributed by atoms with E-state index in [-0.39, 0.29) is 5.57 Å². The minimum absolute atomic E-state index is 0.121. The lowest BCUT2D eigenvalue weighted by Crippen LogP contribution is -2.48. The van der Waals surface area contributed by atoms with Gasteiger partial charge in [-0.3, -0.25) is 4.79 Å². The standard InChI is InChI=1S/C15H24O7/c1-6-9(14(19)21-5)10-11(7(2)16)15(4,20)13(12(10)18)22-8(3)17/h6-7,10-13,16,18,20H,1-5H3/b9-6+/t7?,10-,11+,12+,13+,15-/m1/s1. The van der Waals surface area contributed by atoms with Gasteiger partial charge in [-0.1, -0.05) is 6.08 Å². The van der Waals surface area contributed by atoms with Crippen molar-refractivity contribution in [1.29, 1.82) is 0 Å². The molecule has 0 aromatic carbocycles. The van der Waals surface area contributed by atoms with Gasteiger partial charge in [0.1, 0.15) is 11.7 Å². The number of allylic oxidation sites excluding steroid dienone is 1. The van der Waals surface area contributed by atoms with Gasteiger partial charge in [0.25, 0.3) is 0 Å². The number of carbonyl (C=O) groups excluding carboxylic acids is 2. The molecule has 1 rings (SSSR count). The number of carbonyl (C=O) groups is 2. The Morgan fingerprint density at radius 2 is 1.91 bits per heavy atom. The van der Waals surface area contributed by atoms with Gasteiger partial charge in [0.15, 0.2) is 6.10 Å². The molecule has 7 heteroatoms. The Bertz CT molecular complexity index is 467. The first kappa shape index (κ1) is 18.6. The molecule has 1 saturated carbocycles. The van der Waals surface area contributed by atoms with Crippen molar-refractivity contribution in [3.05, 3.63) is 11.6 Å². The maximum atomic E-state index is 11.9. The molecule has 7 nitrogen and oxygen atoms in total. The van der Waals surface area contributed by atoms with Crippen molar-refractivity contribution in [3.63, 3.8) is 0 Å². The van der Waals surface area contributed by atoms with Crippen molar-refractivity contribution in [1.82, 2.24) is 0 Å². The van der Waals surface area contributed by atoms with Crippen molar-refractivity contribution >= 4 is 11.9 Å². The van der Waals surface area contributed by atoms with E-state index in [0.29, 0.717) is 0 Å². The van der Waals surface area contributed by atoms with Crippen LogP contribution < -0.4 is 0 Å². The van der Waals surface area contributed by atoms with Crippen LogP contribution in [0.3, 0.4) is 0 Å². The van der Waals surface area contributed by atoms with Crippen LogP contribution in [0.5, 0.6) is 0 Å². The molecule has 0 amide bonds. The van der Waals surface area contributed by atoms with Gasteiger partial charge in [-0.05, 0) is 20.8 Å². The fraction of sp³-hybridized carbons (Fsp3) is 0.733. The zero-order chi connectivity index (χ0) is 17.2. The van der Waals surface area contributed by atoms with Crippen LogP contribution in [-0.4, -0.2) is 58.3 Å². The summed E-state index contributed by atoms with van der Waals surface area (Å²) >= 11 is 0. The van der Waals surface area contributed by atoms with Gasteiger partial charge in [-0.25, -0.2) is 4.79 Å². The van der Waals surface area contributed by atoms with Crippen molar-refractivity contribution in [2.24, 2.45) is 11.8 Å². The van der Waals surface area contributed by atoms with E-state index in [4.69, 9.17) is 4.74 Å². The molecule has 22 heavy (non-hydrogen) atoms. The van der Waals surface area contributed by atoms with Crippen molar-refractivity contribution < 1.29 is 34.4 Å². The number of aliphatic hydroxyl groups excluding tert-OH is 2. The topological polar surface area (TPSA) is 113 Å². The number of aliphatic hydroxyl groups is 3. The minimum atomic E-state index is -1.70. The molecule has 0 aromatic heterocycles. The first-order valence-electron chi connectivity index (χ1n) is 7.09. The van der Waals surface area contributed by atoms with Gasteiger partial charge in [-0.2, -0.15) is 0 Å². The lowest BCUT2D eigenvalue weighted by atomic mass is 9.79. The summed E-state index contributed by atoms with van der Waals surface area (Å²) in [5.74, 6) is -3.17. The Balaban J connectivity index is 3.35. The van der Waals surface area contributed by atoms with Crippen LogP contribution in [-0.2, 0) is 19.1 Å². The maximum absolute atomic E-state index is 11.9. The van der Waals surface area contributed by atoms with Crippen molar-refractivity contribution in [2.45, 2.75) is 51.6 Å². The number of esters is 2. The summed E-state index contributed by atoms with van der Waals surface area (Å²) in [6, 6.07) is 0. The summed E-state index contributed by atoms with van der Waals surface area (Å²) in [5.41, 5.74) is -1.58. The highest BCUT2D eigenvalue weighted by molar-refractivity contribution is 5.89. The van der Waals surface area contributed by atoms with Crippen molar-refractivity contribution in [3.8, 4) is 0 Å². The predicted octanol–water partition coefficient (Wildman–Crippen LogP) is -0.224. The molecule has 6 atom stereocenters. The van der Waals surface area contributed by atoms with Crippen LogP contribution in [0.25, 0.3) is 0 Å². The predicted molar refractivity (Wildman–Crippen MR) is 76.6 cm³/mol. The third kappa shape index (κ3) is 3.16. The third-order valence-electron chi connectivity index (χ3n) is 4.22. The summed E-state index contributed by atoms with van der Waals surface area (Å²) < 4.78 is 9.72. The van der Waals surface area contributed by atoms with Crippen LogP contribution in [0.2, 0.25) is 0 Å². The van der Waals surface area contributed by atoms with E-state index in [9.17, 15) is 24.9 Å². The zero-order valence-corrected chi connectivity index (χ0v) is 13.4. The minimum Gasteiger partial charge on any atom is -0.466 e. The first-order valence-corrected chi connectivity index (χ1v) is 7.09. The van der Waals surface area contributed by atoms with E-state index >= 15 is 0 Å². The van der Waals surface area contributed by atoms with Gasteiger partial charge in [0, 0.05) is 24.3 Å². The zero-order valence-electron chi connectivity index (χ0n) is 13.4. The van der Waals surface area contributed by atoms with Crippen molar-refractivity contribution in [2.75, 3.05) is 7.11 Å². The molecule has 0 heterocycles. The monoisotopic (exact) mass is 316 g/mol. The molecule has 3 N–H and O–H groups in total. The van der Waals surface area contributed by atoms with Crippen LogP contribution in [0.15, 0.2) is 11.6 Å². The van der Waals surface area contributed by atoms with E-state index < -0.39 is 47.7 Å². The lowest BCUT2D eigenvalue weighted by Gasteiger charge is -2.33. The molecule has 0 saturated heterocycles. The molecular weight excluding hydrogens is 292 g/mol. The highest BCUT2D eigenvalue weighted by atomic mass is 16.6. The van der Waals surface area contributed by atoms with E-state index in [1.165, 1.54) is 27.0 Å². The van der Waals surface area contributed by atoms with Gasteiger partial charge in [0.05, 0.1) is 13.2 Å². The molecule has 0 aliphatic heterocycles. The Morgan fingerprint density at radius 1 is 1.36 bits per heavy atom. The second-order valence-corrected chi connectivity index (χ2v) is 5.77. The second-order valence-electron chi connectivity index (χ2n) is 5.77. The van der Waals surface area contributed by atoms with Gasteiger partial charge >= 0.3 is 11.9 Å². The average molecular weight is 316 g/mol. The Labute approximate surface area is 129 Å². The number of hydrogen-bond donors (Lipinski definition) is 3. The highest BCUT2D eigenvalue weighted by Gasteiger charge is 2.61. The fourth-order valence-electron chi connectivity index (χ4n) is 3.40. The smallest absolute Gasteiger partial charge is 0.333 e. The van der Waals surface area contributed by atoms with Crippen LogP contribution >= 0.6 is 0 Å². The number of rotatable bonds is 4. The number of methoxy groups -OCH3 is 1. The van der Waals surface area contributed by atoms with Crippen LogP contribution in [0.4, 0.5) is 0 Å². The molecule has 0 radical (unpaired) electrons. The normalized spacial score (nSPS) is 36.8. The molecule has 0 aromatic rings. The summed E-state index contributed by atoms with van der Waals surface area (Å²) in [5, 5.41) is 31.2. The van der Waals surface area contributed by atoms with E-state index in [2.05, 4.69) is 4.74 Å². The molecular formula is C15H24O7. The molecule has 0 bridgehead atoms. The Hall–Kier alpha value is -1.44. The largest absolute Gasteiger partial charge is 0.466 e. The van der Waals surface area contributed by atoms with E-state index in [0.717, 1.165) is 6.92 Å². The summed E-state index contributed by atoms with van der Waals surface area (Å²) in [6.07, 6.45) is -2.19. The Kier molecular flexibility index (Phi) is 5.72. The fourth-order valence-corrected chi connectivity index (χ4v) is 3.40. The van der Waals surface area contributed by atoms with Gasteiger partial charge in [0.2, 0.25) is 0 Å². The van der Waals surface area contributed by atoms with Crippen LogP contribution in [0, 0.1) is 11.8 Å². The molecule has 1 fully saturated rings. The van der Waals surface area contributed by atoms with Crippen LogP contribution in [0.1, 0.15) is 27.7 Å². The second kappa shape index (κ2) is 6.76. The third-order valence-corrected chi connectivity index (χ3v) is 4.22. The maximum Gasteiger partial charge on any atom is 0.333 e. The molecule has 1 aliphatic rings. The number of hydrogen-bond acceptors (Lipinski definition) is 7. The van der Waals surface area contributed by atoms with E-state index in [1.807, 2.05) is 0 Å². The summed E-state index contributed by atoms with van der Waals surface area (Å²) in [4.78, 5) is 23.1. The van der Waals surface area contributed by atoms with Gasteiger partial charge < -0.3 is 24.8 Å². The Morgan fingerprint density at radius 3 is 2.27 bits per heavy atom. The quantitative estimate of drug-likeness (QED) is 0.485. The average Bonchev–Trinajstić information content (AvgIpc) is 2.59. The molecule has 126 valence electrons. The summed E-state index contributed by atoms with van der Waals surface area (Å²) in [7, 11) is 1.20. The molecule has 1 aliphatic carbocycles. The highest BCUT2D eigenvalue weighted by Crippen LogP contribution is 2.47. The lowest BCUT2D eigenvalue weighted by molar-refractivity contribution is -0.170. The molecule has 1 unspecified atom stereocenters. The van der Waals surface area contributed by atoms with Gasteiger partial charge in [-0.15, -0.1) is 0 Å². The number of ether oxygens (including phenoxy) is 2. The first-order chi connectivity index (χ1) is 10.1.